The molecule has 0 atom stereocenters. The van der Waals surface area contributed by atoms with Crippen molar-refractivity contribution in [3.63, 3.8) is 0 Å². The first-order valence-electron chi connectivity index (χ1n) is 25.1. The number of allylic oxidation sites excluding steroid dienone is 2. The van der Waals surface area contributed by atoms with Gasteiger partial charge in [0.15, 0.2) is 0 Å². The van der Waals surface area contributed by atoms with Crippen molar-refractivity contribution in [1.29, 1.82) is 0 Å². The van der Waals surface area contributed by atoms with E-state index in [-0.39, 0.29) is 0 Å². The summed E-state index contributed by atoms with van der Waals surface area (Å²) in [7, 11) is 0. The minimum absolute atomic E-state index is 0.889. The Kier molecular flexibility index (Phi) is 38.3. The molecule has 3 heteroatoms. The molecule has 2 aromatic rings. The first-order valence-corrected chi connectivity index (χ1v) is 27.1. The third-order valence-corrected chi connectivity index (χ3v) is 12.0. The van der Waals surface area contributed by atoms with E-state index < -0.39 is 0 Å². The fraction of sp³-hybridized carbons (Fsp3) is 0.714. The van der Waals surface area contributed by atoms with Crippen LogP contribution in [0.1, 0.15) is 255 Å². The van der Waals surface area contributed by atoms with Crippen molar-refractivity contribution in [2.45, 2.75) is 258 Å². The summed E-state index contributed by atoms with van der Waals surface area (Å²) in [6.07, 6.45) is 45.9. The molecule has 0 aliphatic carbocycles. The van der Waals surface area contributed by atoms with E-state index in [1.165, 1.54) is 213 Å². The van der Waals surface area contributed by atoms with E-state index in [4.69, 9.17) is 0 Å². The molecule has 0 spiro atoms. The van der Waals surface area contributed by atoms with Gasteiger partial charge in [-0.1, -0.05) is 255 Å². The van der Waals surface area contributed by atoms with Gasteiger partial charge < -0.3 is 5.53 Å². The average molecular weight is 854 g/mol. The van der Waals surface area contributed by atoms with Gasteiger partial charge in [0.05, 0.1) is 5.57 Å². The van der Waals surface area contributed by atoms with Crippen LogP contribution in [0.2, 0.25) is 11.8 Å². The Bertz CT molecular complexity index is 1380. The van der Waals surface area contributed by atoms with Crippen LogP contribution in [0.25, 0.3) is 11.1 Å². The average Bonchev–Trinajstić information content (AvgIpc) is 3.24. The molecule has 0 aromatic heterocycles. The van der Waals surface area contributed by atoms with Gasteiger partial charge in [0.25, 0.3) is 0 Å². The molecule has 0 fully saturated rings. The normalized spacial score (nSPS) is 11.5. The van der Waals surface area contributed by atoms with Crippen molar-refractivity contribution in [1.82, 2.24) is 0 Å². The van der Waals surface area contributed by atoms with Crippen molar-refractivity contribution >= 4 is 11.4 Å². The van der Waals surface area contributed by atoms with E-state index in [0.29, 0.717) is 0 Å². The number of benzene rings is 2. The van der Waals surface area contributed by atoms with Crippen molar-refractivity contribution in [3.05, 3.63) is 87.5 Å². The van der Waals surface area contributed by atoms with Crippen LogP contribution in [-0.4, -0.2) is 10.7 Å². The van der Waals surface area contributed by atoms with Gasteiger partial charge in [0.2, 0.25) is 0 Å². The van der Waals surface area contributed by atoms with Gasteiger partial charge in [0, 0.05) is 0 Å². The van der Waals surface area contributed by atoms with Gasteiger partial charge in [-0.3, -0.25) is 0 Å². The molecule has 0 bridgehead atoms. The number of unbranched alkanes of at least 4 members (excludes halogenated alkanes) is 28. The number of aryl methyl sites for hydroxylation is 2. The molecule has 2 aromatic carbocycles. The summed E-state index contributed by atoms with van der Waals surface area (Å²) >= 11 is 1.62. The van der Waals surface area contributed by atoms with Crippen LogP contribution in [0.15, 0.2) is 59.7 Å². The summed E-state index contributed by atoms with van der Waals surface area (Å²) in [5.41, 5.74) is 18.6. The Labute approximate surface area is 374 Å². The van der Waals surface area contributed by atoms with E-state index >= 15 is 0 Å². The zero-order chi connectivity index (χ0) is 42.9. The van der Waals surface area contributed by atoms with Crippen molar-refractivity contribution in [3.8, 4) is 0 Å². The molecule has 0 aliphatic rings. The van der Waals surface area contributed by atoms with Crippen molar-refractivity contribution in [2.75, 3.05) is 0 Å². The SMILES string of the molecule is CCCCCCCCCCCCCCCCCCCCCCCCCCCCCC(C(=C=[N+]=[N-])CCCC)=C(c1cccc(C)c1)c1cccc(CCCC)c1.[CH3][Ni][CH3]. The standard InChI is InChI=1S/C54H88N2.2CH3.Ni/c1-5-8-11-12-13-14-15-16-17-18-19-20-21-22-23-24-25-26-27-28-29-30-31-32-33-34-35-44-53(52(47-56-55)41-10-7-3)54(50-42-36-38-48(4)45-50)51-43-37-40-49(46-51)39-9-6-2;;;/h36-38,40,42-43,45-46H,5-35,39,41,44H2,1-4H3;2*1H3;. The summed E-state index contributed by atoms with van der Waals surface area (Å²) < 4.78 is 0. The second-order valence-electron chi connectivity index (χ2n) is 17.6. The summed E-state index contributed by atoms with van der Waals surface area (Å²) in [6.45, 7) is 8.99. The Morgan fingerprint density at radius 2 is 0.881 bits per heavy atom. The molecule has 338 valence electrons. The number of rotatable bonds is 37. The van der Waals surface area contributed by atoms with E-state index in [0.717, 1.165) is 44.1 Å². The quantitative estimate of drug-likeness (QED) is 0.0162. The molecule has 0 heterocycles. The molecule has 0 N–H and O–H groups in total. The fourth-order valence-electron chi connectivity index (χ4n) is 8.49. The molecule has 2 rings (SSSR count). The fourth-order valence-corrected chi connectivity index (χ4v) is 8.49. The molecule has 2 nitrogen and oxygen atoms in total. The molecule has 59 heavy (non-hydrogen) atoms. The summed E-state index contributed by atoms with van der Waals surface area (Å²) in [4.78, 5) is 3.48. The predicted molar refractivity (Wildman–Crippen MR) is 261 cm³/mol. The van der Waals surface area contributed by atoms with Crippen LogP contribution in [0.5, 0.6) is 0 Å². The van der Waals surface area contributed by atoms with Crippen molar-refractivity contribution < 1.29 is 19.2 Å². The van der Waals surface area contributed by atoms with Gasteiger partial charge in [-0.15, -0.1) is 4.79 Å². The second-order valence-corrected chi connectivity index (χ2v) is 18.6. The number of hydrogen-bond acceptors (Lipinski definition) is 0. The zero-order valence-electron chi connectivity index (χ0n) is 39.9. The third-order valence-electron chi connectivity index (χ3n) is 12.0. The van der Waals surface area contributed by atoms with E-state index in [9.17, 15) is 5.53 Å². The molecule has 0 radical (unpaired) electrons. The van der Waals surface area contributed by atoms with Gasteiger partial charge in [0.1, 0.15) is 0 Å². The van der Waals surface area contributed by atoms with E-state index in [1.807, 2.05) is 0 Å². The van der Waals surface area contributed by atoms with Crippen LogP contribution in [0.3, 0.4) is 0 Å². The van der Waals surface area contributed by atoms with Crippen molar-refractivity contribution in [2.24, 2.45) is 0 Å². The molecule has 0 amide bonds. The van der Waals surface area contributed by atoms with E-state index in [1.54, 1.807) is 14.4 Å². The molecule has 0 aliphatic heterocycles. The monoisotopic (exact) mass is 853 g/mol. The Morgan fingerprint density at radius 3 is 1.29 bits per heavy atom. The van der Waals surface area contributed by atoms with Gasteiger partial charge in [-0.05, 0) is 73.3 Å². The molecule has 0 unspecified atom stereocenters. The Balaban J connectivity index is 0.00000562. The Morgan fingerprint density at radius 1 is 0.492 bits per heavy atom. The topological polar surface area (TPSA) is 36.4 Å². The maximum atomic E-state index is 9.74. The molecule has 0 saturated heterocycles. The first kappa shape index (κ1) is 54.9. The van der Waals surface area contributed by atoms with Crippen LogP contribution < -0.4 is 0 Å². The van der Waals surface area contributed by atoms with Gasteiger partial charge in [-0.25, -0.2) is 0 Å². The second kappa shape index (κ2) is 41.2. The molecular formula is C56H94N2Ni. The predicted octanol–water partition coefficient (Wildman–Crippen LogP) is 19.3. The maximum absolute atomic E-state index is 9.74. The number of nitrogens with zero attached hydrogens (tertiary/aromatic N) is 2. The third kappa shape index (κ3) is 29.7. The van der Waals surface area contributed by atoms with Crippen LogP contribution >= 0.6 is 0 Å². The zero-order valence-corrected chi connectivity index (χ0v) is 40.9. The first-order chi connectivity index (χ1) is 29.1. The van der Waals surface area contributed by atoms with E-state index in [2.05, 4.69) is 98.7 Å². The Hall–Kier alpha value is -2.17. The molecular weight excluding hydrogens is 759 g/mol. The van der Waals surface area contributed by atoms with Crippen LogP contribution in [-0.2, 0) is 20.9 Å². The van der Waals surface area contributed by atoms with Crippen LogP contribution in [0.4, 0.5) is 0 Å². The number of hydrogen-bond donors (Lipinski definition) is 0. The summed E-state index contributed by atoms with van der Waals surface area (Å²) in [5, 5.41) is 0. The molecule has 0 saturated carbocycles. The van der Waals surface area contributed by atoms with Gasteiger partial charge in [-0.2, -0.15) is 0 Å². The summed E-state index contributed by atoms with van der Waals surface area (Å²) in [6, 6.07) is 18.1. The van der Waals surface area contributed by atoms with Crippen LogP contribution in [0, 0.1) is 6.92 Å². The van der Waals surface area contributed by atoms with Gasteiger partial charge >= 0.3 is 32.1 Å². The minimum atomic E-state index is 0.889. The summed E-state index contributed by atoms with van der Waals surface area (Å²) in [5.74, 6) is 7.19.